The number of ketones is 1. The third-order valence-corrected chi connectivity index (χ3v) is 8.71. The van der Waals surface area contributed by atoms with Gasteiger partial charge in [-0.3, -0.25) is 4.79 Å². The molecule has 0 unspecified atom stereocenters. The Morgan fingerprint density at radius 1 is 0.545 bits per heavy atom. The molecule has 0 aliphatic heterocycles. The second kappa shape index (κ2) is 13.0. The van der Waals surface area contributed by atoms with Crippen molar-refractivity contribution >= 4 is 71.9 Å². The van der Waals surface area contributed by atoms with Crippen LogP contribution in [0, 0.1) is 0 Å². The zero-order chi connectivity index (χ0) is 32.2. The van der Waals surface area contributed by atoms with Crippen LogP contribution in [0.3, 0.4) is 0 Å². The Hall–Kier alpha value is -2.65. The van der Waals surface area contributed by atoms with Crippen molar-refractivity contribution in [2.45, 2.75) is 19.6 Å². The largest absolute Gasteiger partial charge is 0.354 e. The van der Waals surface area contributed by atoms with Crippen molar-refractivity contribution < 1.29 is 30.0 Å². The van der Waals surface area contributed by atoms with E-state index in [1.165, 1.54) is 0 Å². The molecular formula is C31H20Cl3F6OPS2. The molecule has 1 nitrogen and oxygen atoms in total. The summed E-state index contributed by atoms with van der Waals surface area (Å²) in [6, 6.07) is 37.2. The molecule has 44 heavy (non-hydrogen) atoms. The summed E-state index contributed by atoms with van der Waals surface area (Å²) in [5, 5.41) is 2.00. The number of hydrogen-bond donors (Lipinski definition) is 0. The van der Waals surface area contributed by atoms with Crippen molar-refractivity contribution in [1.82, 2.24) is 0 Å². The second-order valence-electron chi connectivity index (χ2n) is 9.14. The molecule has 0 fully saturated rings. The van der Waals surface area contributed by atoms with Crippen LogP contribution in [-0.2, 0) is 0 Å². The molecule has 0 amide bonds. The van der Waals surface area contributed by atoms with E-state index in [9.17, 15) is 30.0 Å². The molecule has 0 saturated heterocycles. The molecule has 0 radical (unpaired) electrons. The monoisotopic (exact) mass is 722 g/mol. The average molecular weight is 724 g/mol. The topological polar surface area (TPSA) is 21.4 Å². The standard InChI is InChI=1S/C31H19Cl3OS2.F6P/c32-23-9-14-26(15-10-23)36-29-17-11-24(33)19-27(29)20-6-12-25(13-7-20)37-30-16-8-22(18-28(30)34)31(35)21-4-2-1-3-5-21;1-7(2,3,4,5)6/h1-19H;/q;-1/p+1. The molecule has 0 atom stereocenters. The third kappa shape index (κ3) is 11.4. The first kappa shape index (κ1) is 34.2. The van der Waals surface area contributed by atoms with Gasteiger partial charge in [-0.2, -0.15) is 0 Å². The van der Waals surface area contributed by atoms with E-state index in [0.717, 1.165) is 41.3 Å². The van der Waals surface area contributed by atoms with Gasteiger partial charge in [0, 0.05) is 29.6 Å². The van der Waals surface area contributed by atoms with Crippen LogP contribution in [0.15, 0.2) is 135 Å². The van der Waals surface area contributed by atoms with E-state index in [0.29, 0.717) is 15.6 Å². The van der Waals surface area contributed by atoms with E-state index in [1.54, 1.807) is 29.6 Å². The fourth-order valence-corrected chi connectivity index (χ4v) is 6.13. The van der Waals surface area contributed by atoms with E-state index in [4.69, 9.17) is 34.8 Å². The molecule has 0 heterocycles. The maximum Gasteiger partial charge on any atom is 0.354 e. The first-order valence-electron chi connectivity index (χ1n) is 12.4. The van der Waals surface area contributed by atoms with Gasteiger partial charge in [0.2, 0.25) is 0 Å². The van der Waals surface area contributed by atoms with Gasteiger partial charge in [-0.05, 0) is 96.1 Å². The Morgan fingerprint density at radius 3 is 1.61 bits per heavy atom. The predicted octanol–water partition coefficient (Wildman–Crippen LogP) is 13.9. The van der Waals surface area contributed by atoms with E-state index >= 15 is 0 Å². The van der Waals surface area contributed by atoms with Crippen LogP contribution in [0.5, 0.6) is 0 Å². The van der Waals surface area contributed by atoms with Gasteiger partial charge in [0.1, 0.15) is 0 Å². The molecule has 5 aromatic carbocycles. The fraction of sp³-hybridized carbons (Fsp3) is 0. The van der Waals surface area contributed by atoms with Gasteiger partial charge in [0.05, 0.1) is 16.1 Å². The van der Waals surface area contributed by atoms with Gasteiger partial charge in [-0.15, -0.1) is 0 Å². The summed E-state index contributed by atoms with van der Waals surface area (Å²) in [5.41, 5.74) is 3.58. The van der Waals surface area contributed by atoms with E-state index in [1.807, 2.05) is 84.9 Å². The van der Waals surface area contributed by atoms with Crippen LogP contribution in [-0.4, -0.2) is 10.6 Å². The van der Waals surface area contributed by atoms with Gasteiger partial charge < -0.3 is 0 Å². The zero-order valence-electron chi connectivity index (χ0n) is 22.1. The van der Waals surface area contributed by atoms with Crippen molar-refractivity contribution in [2.75, 3.05) is 0 Å². The van der Waals surface area contributed by atoms with Gasteiger partial charge >= 0.3 is 38.8 Å². The fourth-order valence-electron chi connectivity index (χ4n) is 3.77. The van der Waals surface area contributed by atoms with Crippen LogP contribution in [0.1, 0.15) is 11.1 Å². The van der Waals surface area contributed by atoms with Gasteiger partial charge in [-0.25, -0.2) is 0 Å². The Balaban J connectivity index is 0.000000566. The minimum absolute atomic E-state index is 0.206. The Labute approximate surface area is 272 Å². The molecule has 13 heteroatoms. The Morgan fingerprint density at radius 2 is 1.05 bits per heavy atom. The molecule has 0 aromatic heterocycles. The van der Waals surface area contributed by atoms with Crippen LogP contribution in [0.2, 0.25) is 15.1 Å². The third-order valence-electron chi connectivity index (χ3n) is 5.63. The van der Waals surface area contributed by atoms with Crippen molar-refractivity contribution in [3.05, 3.63) is 141 Å². The van der Waals surface area contributed by atoms with Crippen molar-refractivity contribution in [1.29, 1.82) is 0 Å². The molecule has 5 rings (SSSR count). The van der Waals surface area contributed by atoms with Crippen LogP contribution in [0.4, 0.5) is 25.2 Å². The number of hydrogen-bond acceptors (Lipinski definition) is 2. The Kier molecular flexibility index (Phi) is 10.1. The summed E-state index contributed by atoms with van der Waals surface area (Å²) in [6.45, 7) is 0. The molecule has 5 aromatic rings. The molecule has 0 saturated carbocycles. The Bertz CT molecular complexity index is 1780. The number of benzene rings is 5. The molecule has 1 N–H and O–H groups in total. The summed E-state index contributed by atoms with van der Waals surface area (Å²) >= 11 is 22.2. The molecule has 0 aliphatic rings. The zero-order valence-corrected chi connectivity index (χ0v) is 26.9. The maximum atomic E-state index is 10.6. The first-order chi connectivity index (χ1) is 20.4. The molecular weight excluding hydrogens is 704 g/mol. The van der Waals surface area contributed by atoms with Crippen molar-refractivity contribution in [2.24, 2.45) is 0 Å². The summed E-state index contributed by atoms with van der Waals surface area (Å²) < 4.78 is 59.2. The molecule has 0 aliphatic carbocycles. The SMILES string of the molecule is F[P-](F)(F)(F)(F)F.[OH+]=C(c1ccccc1)c1ccc(Sc2ccc(-c3cc(Cl)ccc3Sc3ccc(Cl)cc3)cc2)c(Cl)c1. The normalized spacial score (nSPS) is 12.8. The second-order valence-corrected chi connectivity index (χ2v) is 14.6. The smallest absolute Gasteiger partial charge is 0.273 e. The maximum absolute atomic E-state index is 10.7. The summed E-state index contributed by atoms with van der Waals surface area (Å²) in [6.07, 6.45) is 0. The average Bonchev–Trinajstić information content (AvgIpc) is 2.95. The van der Waals surface area contributed by atoms with E-state index in [2.05, 4.69) is 24.3 Å². The number of rotatable bonds is 7. The summed E-state index contributed by atoms with van der Waals surface area (Å²) in [5.74, 6) is 0.206. The van der Waals surface area contributed by atoms with E-state index < -0.39 is 7.81 Å². The number of halogens is 9. The first-order valence-corrected chi connectivity index (χ1v) is 17.2. The predicted molar refractivity (Wildman–Crippen MR) is 173 cm³/mol. The van der Waals surface area contributed by atoms with Gasteiger partial charge in [0.15, 0.2) is 0 Å². The molecule has 0 spiro atoms. The molecule has 0 bridgehead atoms. The summed E-state index contributed by atoms with van der Waals surface area (Å²) in [7, 11) is -10.7. The quantitative estimate of drug-likeness (QED) is 0.0722. The van der Waals surface area contributed by atoms with Gasteiger partial charge in [-0.1, -0.05) is 88.7 Å². The number of carbonyl (C=O) groups excluding carboxylic acids is 1. The van der Waals surface area contributed by atoms with E-state index in [-0.39, 0.29) is 5.78 Å². The minimum Gasteiger partial charge on any atom is -0.273 e. The van der Waals surface area contributed by atoms with Crippen LogP contribution in [0.25, 0.3) is 11.1 Å². The van der Waals surface area contributed by atoms with Crippen molar-refractivity contribution in [3.8, 4) is 11.1 Å². The minimum atomic E-state index is -10.7. The van der Waals surface area contributed by atoms with Crippen LogP contribution < -0.4 is 0 Å². The van der Waals surface area contributed by atoms with Crippen molar-refractivity contribution in [3.63, 3.8) is 0 Å². The summed E-state index contributed by atoms with van der Waals surface area (Å²) in [4.78, 5) is 14.8. The molecule has 230 valence electrons. The van der Waals surface area contributed by atoms with Gasteiger partial charge in [0.25, 0.3) is 0 Å². The van der Waals surface area contributed by atoms with Crippen LogP contribution >= 0.6 is 66.1 Å².